The van der Waals surface area contributed by atoms with Crippen molar-refractivity contribution < 1.29 is 9.90 Å². The van der Waals surface area contributed by atoms with Gasteiger partial charge in [0.15, 0.2) is 0 Å². The molecule has 1 unspecified atom stereocenters. The van der Waals surface area contributed by atoms with Gasteiger partial charge in [-0.25, -0.2) is 9.78 Å². The van der Waals surface area contributed by atoms with Crippen LogP contribution >= 0.6 is 11.3 Å². The van der Waals surface area contributed by atoms with E-state index in [2.05, 4.69) is 15.6 Å². The molecule has 0 fully saturated rings. The van der Waals surface area contributed by atoms with Gasteiger partial charge in [-0.15, -0.1) is 11.3 Å². The van der Waals surface area contributed by atoms with Crippen molar-refractivity contribution in [2.45, 2.75) is 26.3 Å². The lowest BCUT2D eigenvalue weighted by molar-refractivity contribution is 0.217. The quantitative estimate of drug-likeness (QED) is 0.765. The van der Waals surface area contributed by atoms with E-state index >= 15 is 0 Å². The second-order valence-electron chi connectivity index (χ2n) is 5.05. The number of aromatic nitrogens is 1. The molecular weight excluding hydrogens is 298 g/mol. The lowest BCUT2D eigenvalue weighted by atomic mass is 10.1. The van der Waals surface area contributed by atoms with Gasteiger partial charge >= 0.3 is 6.03 Å². The van der Waals surface area contributed by atoms with Gasteiger partial charge in [-0.2, -0.15) is 0 Å². The second-order valence-corrected chi connectivity index (χ2v) is 6.33. The first-order valence-corrected chi connectivity index (χ1v) is 8.05. The van der Waals surface area contributed by atoms with Crippen molar-refractivity contribution in [1.29, 1.82) is 0 Å². The highest BCUT2D eigenvalue weighted by atomic mass is 32.1. The van der Waals surface area contributed by atoms with Gasteiger partial charge in [-0.1, -0.05) is 30.3 Å². The van der Waals surface area contributed by atoms with E-state index in [9.17, 15) is 9.90 Å². The highest BCUT2D eigenvalue weighted by Gasteiger charge is 2.13. The van der Waals surface area contributed by atoms with Crippen molar-refractivity contribution in [3.8, 4) is 0 Å². The monoisotopic (exact) mass is 319 g/mol. The van der Waals surface area contributed by atoms with Crippen molar-refractivity contribution in [2.75, 3.05) is 13.2 Å². The zero-order valence-electron chi connectivity index (χ0n) is 12.8. The molecule has 0 bridgehead atoms. The third-order valence-corrected chi connectivity index (χ3v) is 4.52. The molecule has 0 saturated carbocycles. The summed E-state index contributed by atoms with van der Waals surface area (Å²) in [5.74, 6) is 0. The van der Waals surface area contributed by atoms with Crippen LogP contribution in [0.25, 0.3) is 0 Å². The van der Waals surface area contributed by atoms with Crippen molar-refractivity contribution >= 4 is 17.4 Å². The number of aryl methyl sites for hydroxylation is 2. The number of thiazole rings is 1. The van der Waals surface area contributed by atoms with E-state index in [-0.39, 0.29) is 12.6 Å². The molecule has 0 saturated heterocycles. The smallest absolute Gasteiger partial charge is 0.315 e. The number of amides is 2. The van der Waals surface area contributed by atoms with E-state index in [1.807, 2.05) is 44.2 Å². The molecule has 1 aromatic heterocycles. The first-order valence-electron chi connectivity index (χ1n) is 7.23. The zero-order valence-corrected chi connectivity index (χ0v) is 13.6. The standard InChI is InChI=1S/C16H21N3O2S/c1-11-12(2)22-15(18-11)8-9-17-16(21)19-14(10-20)13-6-4-3-5-7-13/h3-7,14,20H,8-10H2,1-2H3,(H2,17,19,21). The third-order valence-electron chi connectivity index (χ3n) is 3.39. The molecular formula is C16H21N3O2S. The fraction of sp³-hybridized carbons (Fsp3) is 0.375. The van der Waals surface area contributed by atoms with Gasteiger partial charge in [0, 0.05) is 17.8 Å². The fourth-order valence-electron chi connectivity index (χ4n) is 2.06. The highest BCUT2D eigenvalue weighted by molar-refractivity contribution is 7.11. The van der Waals surface area contributed by atoms with Gasteiger partial charge in [-0.3, -0.25) is 0 Å². The molecule has 2 amide bonds. The van der Waals surface area contributed by atoms with E-state index in [1.165, 1.54) is 4.88 Å². The van der Waals surface area contributed by atoms with Crippen LogP contribution in [0.3, 0.4) is 0 Å². The average Bonchev–Trinajstić information content (AvgIpc) is 2.84. The molecule has 22 heavy (non-hydrogen) atoms. The molecule has 0 aliphatic rings. The number of carbonyl (C=O) groups excluding carboxylic acids is 1. The molecule has 0 spiro atoms. The number of aliphatic hydroxyl groups is 1. The molecule has 1 heterocycles. The Bertz CT molecular complexity index is 594. The number of carbonyl (C=O) groups is 1. The summed E-state index contributed by atoms with van der Waals surface area (Å²) in [6.07, 6.45) is 0.710. The predicted octanol–water partition coefficient (Wildman–Crippen LogP) is 2.34. The van der Waals surface area contributed by atoms with Gasteiger partial charge in [-0.05, 0) is 19.4 Å². The molecule has 1 aromatic carbocycles. The molecule has 2 aromatic rings. The fourth-order valence-corrected chi connectivity index (χ4v) is 2.99. The predicted molar refractivity (Wildman–Crippen MR) is 88.1 cm³/mol. The van der Waals surface area contributed by atoms with Crippen LogP contribution in [0.5, 0.6) is 0 Å². The van der Waals surface area contributed by atoms with E-state index in [0.29, 0.717) is 13.0 Å². The maximum Gasteiger partial charge on any atom is 0.315 e. The van der Waals surface area contributed by atoms with Gasteiger partial charge in [0.05, 0.1) is 23.4 Å². The molecule has 0 aliphatic heterocycles. The summed E-state index contributed by atoms with van der Waals surface area (Å²) in [5, 5.41) is 16.0. The third kappa shape index (κ3) is 4.54. The van der Waals surface area contributed by atoms with Gasteiger partial charge in [0.2, 0.25) is 0 Å². The Morgan fingerprint density at radius 1 is 1.32 bits per heavy atom. The minimum Gasteiger partial charge on any atom is -0.394 e. The summed E-state index contributed by atoms with van der Waals surface area (Å²) in [4.78, 5) is 17.5. The van der Waals surface area contributed by atoms with E-state index in [1.54, 1.807) is 11.3 Å². The highest BCUT2D eigenvalue weighted by Crippen LogP contribution is 2.16. The number of rotatable bonds is 6. The number of aliphatic hydroxyl groups excluding tert-OH is 1. The zero-order chi connectivity index (χ0) is 15.9. The normalized spacial score (nSPS) is 12.0. The lowest BCUT2D eigenvalue weighted by Gasteiger charge is -2.17. The lowest BCUT2D eigenvalue weighted by Crippen LogP contribution is -2.40. The minimum absolute atomic E-state index is 0.137. The number of nitrogens with one attached hydrogen (secondary N) is 2. The SMILES string of the molecule is Cc1nc(CCNC(=O)NC(CO)c2ccccc2)sc1C. The molecule has 6 heteroatoms. The Morgan fingerprint density at radius 2 is 2.05 bits per heavy atom. The molecule has 5 nitrogen and oxygen atoms in total. The molecule has 1 atom stereocenters. The van der Waals surface area contributed by atoms with Crippen molar-refractivity contribution in [3.05, 3.63) is 51.5 Å². The van der Waals surface area contributed by atoms with Crippen LogP contribution < -0.4 is 10.6 Å². The molecule has 2 rings (SSSR count). The topological polar surface area (TPSA) is 74.2 Å². The second kappa shape index (κ2) is 7.91. The molecule has 0 radical (unpaired) electrons. The van der Waals surface area contributed by atoms with Gasteiger partial charge in [0.25, 0.3) is 0 Å². The van der Waals surface area contributed by atoms with Crippen LogP contribution in [0.2, 0.25) is 0 Å². The van der Waals surface area contributed by atoms with E-state index in [4.69, 9.17) is 0 Å². The van der Waals surface area contributed by atoms with Crippen molar-refractivity contribution in [2.24, 2.45) is 0 Å². The number of hydrogen-bond acceptors (Lipinski definition) is 4. The first kappa shape index (κ1) is 16.5. The molecule has 0 aliphatic carbocycles. The summed E-state index contributed by atoms with van der Waals surface area (Å²) >= 11 is 1.66. The maximum absolute atomic E-state index is 11.9. The van der Waals surface area contributed by atoms with E-state index < -0.39 is 6.04 Å². The van der Waals surface area contributed by atoms with Crippen LogP contribution in [-0.2, 0) is 6.42 Å². The van der Waals surface area contributed by atoms with Crippen LogP contribution in [0.4, 0.5) is 4.79 Å². The summed E-state index contributed by atoms with van der Waals surface area (Å²) in [6.45, 7) is 4.41. The number of urea groups is 1. The van der Waals surface area contributed by atoms with Crippen LogP contribution in [0.15, 0.2) is 30.3 Å². The Hall–Kier alpha value is -1.92. The van der Waals surface area contributed by atoms with Crippen LogP contribution in [0, 0.1) is 13.8 Å². The Morgan fingerprint density at radius 3 is 2.64 bits per heavy atom. The minimum atomic E-state index is -0.398. The first-order chi connectivity index (χ1) is 10.6. The average molecular weight is 319 g/mol. The Kier molecular flexibility index (Phi) is 5.91. The molecule has 118 valence electrons. The number of hydrogen-bond donors (Lipinski definition) is 3. The molecule has 3 N–H and O–H groups in total. The van der Waals surface area contributed by atoms with Crippen LogP contribution in [-0.4, -0.2) is 29.3 Å². The van der Waals surface area contributed by atoms with Crippen LogP contribution in [0.1, 0.15) is 27.2 Å². The summed E-state index contributed by atoms with van der Waals surface area (Å²) < 4.78 is 0. The Balaban J connectivity index is 1.79. The number of nitrogens with zero attached hydrogens (tertiary/aromatic N) is 1. The maximum atomic E-state index is 11.9. The summed E-state index contributed by atoms with van der Waals surface area (Å²) in [6, 6.07) is 8.73. The number of benzene rings is 1. The largest absolute Gasteiger partial charge is 0.394 e. The summed E-state index contributed by atoms with van der Waals surface area (Å²) in [5.41, 5.74) is 1.93. The van der Waals surface area contributed by atoms with Crippen molar-refractivity contribution in [1.82, 2.24) is 15.6 Å². The summed E-state index contributed by atoms with van der Waals surface area (Å²) in [7, 11) is 0. The van der Waals surface area contributed by atoms with E-state index in [0.717, 1.165) is 16.3 Å². The van der Waals surface area contributed by atoms with Crippen molar-refractivity contribution in [3.63, 3.8) is 0 Å². The van der Waals surface area contributed by atoms with Gasteiger partial charge < -0.3 is 15.7 Å². The van der Waals surface area contributed by atoms with Gasteiger partial charge in [0.1, 0.15) is 0 Å². The Labute approximate surface area is 134 Å².